The van der Waals surface area contributed by atoms with Gasteiger partial charge in [-0.2, -0.15) is 0 Å². The van der Waals surface area contributed by atoms with Gasteiger partial charge in [-0.3, -0.25) is 4.79 Å². The summed E-state index contributed by atoms with van der Waals surface area (Å²) in [5.74, 6) is 0.990. The second kappa shape index (κ2) is 6.53. The number of hydrogen-bond donors (Lipinski definition) is 0. The van der Waals surface area contributed by atoms with Crippen molar-refractivity contribution in [2.75, 3.05) is 7.11 Å². The van der Waals surface area contributed by atoms with E-state index in [2.05, 4.69) is 15.9 Å². The fourth-order valence-electron chi connectivity index (χ4n) is 1.90. The summed E-state index contributed by atoms with van der Waals surface area (Å²) in [4.78, 5) is 12.0. The molecule has 0 saturated carbocycles. The van der Waals surface area contributed by atoms with Crippen molar-refractivity contribution >= 4 is 21.7 Å². The zero-order valence-electron chi connectivity index (χ0n) is 10.7. The van der Waals surface area contributed by atoms with Crippen molar-refractivity contribution in [2.45, 2.75) is 12.8 Å². The molecule has 0 aromatic heterocycles. The average molecular weight is 319 g/mol. The van der Waals surface area contributed by atoms with Crippen LogP contribution in [0, 0.1) is 0 Å². The quantitative estimate of drug-likeness (QED) is 0.838. The molecular formula is C16H15BrO2. The number of carbonyl (C=O) groups excluding carboxylic acids is 1. The van der Waals surface area contributed by atoms with Crippen molar-refractivity contribution in [3.63, 3.8) is 0 Å². The highest BCUT2D eigenvalue weighted by Gasteiger charge is 2.06. The molecule has 0 spiro atoms. The zero-order valence-corrected chi connectivity index (χ0v) is 12.3. The van der Waals surface area contributed by atoms with E-state index in [-0.39, 0.29) is 5.78 Å². The number of carbonyl (C=O) groups is 1. The Balaban J connectivity index is 1.99. The molecule has 0 heterocycles. The Labute approximate surface area is 121 Å². The maximum atomic E-state index is 12.0. The first-order valence-electron chi connectivity index (χ1n) is 6.06. The molecule has 2 aromatic rings. The summed E-state index contributed by atoms with van der Waals surface area (Å²) in [7, 11) is 1.63. The van der Waals surface area contributed by atoms with Crippen LogP contribution in [0.2, 0.25) is 0 Å². The van der Waals surface area contributed by atoms with Crippen molar-refractivity contribution in [1.29, 1.82) is 0 Å². The first kappa shape index (κ1) is 13.8. The van der Waals surface area contributed by atoms with Gasteiger partial charge < -0.3 is 4.74 Å². The maximum absolute atomic E-state index is 12.0. The number of ether oxygens (including phenoxy) is 1. The van der Waals surface area contributed by atoms with E-state index in [1.54, 1.807) is 7.11 Å². The fraction of sp³-hybridized carbons (Fsp3) is 0.188. The number of benzene rings is 2. The molecular weight excluding hydrogens is 304 g/mol. The molecule has 98 valence electrons. The van der Waals surface area contributed by atoms with Crippen molar-refractivity contribution < 1.29 is 9.53 Å². The summed E-state index contributed by atoms with van der Waals surface area (Å²) >= 11 is 3.38. The van der Waals surface area contributed by atoms with Crippen LogP contribution in [0.4, 0.5) is 0 Å². The van der Waals surface area contributed by atoms with Gasteiger partial charge in [0.1, 0.15) is 11.5 Å². The maximum Gasteiger partial charge on any atom is 0.141 e. The molecule has 2 aromatic carbocycles. The highest BCUT2D eigenvalue weighted by molar-refractivity contribution is 9.10. The predicted octanol–water partition coefficient (Wildman–Crippen LogP) is 3.81. The number of methoxy groups -OCH3 is 1. The highest BCUT2D eigenvalue weighted by atomic mass is 79.9. The van der Waals surface area contributed by atoms with Gasteiger partial charge in [0, 0.05) is 17.3 Å². The molecule has 0 saturated heterocycles. The minimum absolute atomic E-state index is 0.204. The highest BCUT2D eigenvalue weighted by Crippen LogP contribution is 2.15. The molecule has 0 atom stereocenters. The molecule has 0 aliphatic carbocycles. The van der Waals surface area contributed by atoms with Crippen LogP contribution >= 0.6 is 15.9 Å². The van der Waals surface area contributed by atoms with E-state index >= 15 is 0 Å². The lowest BCUT2D eigenvalue weighted by atomic mass is 10.0. The van der Waals surface area contributed by atoms with Gasteiger partial charge in [0.2, 0.25) is 0 Å². The topological polar surface area (TPSA) is 26.3 Å². The standard InChI is InChI=1S/C16H15BrO2/c1-19-16-4-2-3-13(11-16)10-15(18)9-12-5-7-14(17)8-6-12/h2-8,11H,9-10H2,1H3. The van der Waals surface area contributed by atoms with Gasteiger partial charge in [0.15, 0.2) is 0 Å². The Kier molecular flexibility index (Phi) is 4.74. The van der Waals surface area contributed by atoms with Gasteiger partial charge in [-0.05, 0) is 35.4 Å². The molecule has 0 aliphatic heterocycles. The Hall–Kier alpha value is -1.61. The second-order valence-electron chi connectivity index (χ2n) is 4.37. The number of ketones is 1. The zero-order chi connectivity index (χ0) is 13.7. The minimum atomic E-state index is 0.204. The minimum Gasteiger partial charge on any atom is -0.497 e. The van der Waals surface area contributed by atoms with Gasteiger partial charge >= 0.3 is 0 Å². The van der Waals surface area contributed by atoms with Gasteiger partial charge in [-0.15, -0.1) is 0 Å². The van der Waals surface area contributed by atoms with E-state index < -0.39 is 0 Å². The fourth-order valence-corrected chi connectivity index (χ4v) is 2.17. The number of rotatable bonds is 5. The summed E-state index contributed by atoms with van der Waals surface area (Å²) in [5.41, 5.74) is 2.03. The Morgan fingerprint density at radius 3 is 2.42 bits per heavy atom. The summed E-state index contributed by atoms with van der Waals surface area (Å²) < 4.78 is 6.18. The molecule has 2 nitrogen and oxygen atoms in total. The first-order valence-corrected chi connectivity index (χ1v) is 6.86. The third-order valence-electron chi connectivity index (χ3n) is 2.85. The molecule has 3 heteroatoms. The van der Waals surface area contributed by atoms with Crippen LogP contribution in [-0.4, -0.2) is 12.9 Å². The number of halogens is 1. The SMILES string of the molecule is COc1cccc(CC(=O)Cc2ccc(Br)cc2)c1. The summed E-state index contributed by atoms with van der Waals surface area (Å²) in [5, 5.41) is 0. The molecule has 0 bridgehead atoms. The Morgan fingerprint density at radius 2 is 1.74 bits per heavy atom. The molecule has 0 radical (unpaired) electrons. The Morgan fingerprint density at radius 1 is 1.05 bits per heavy atom. The molecule has 2 rings (SSSR count). The second-order valence-corrected chi connectivity index (χ2v) is 5.29. The van der Waals surface area contributed by atoms with E-state index in [4.69, 9.17) is 4.74 Å². The van der Waals surface area contributed by atoms with Gasteiger partial charge in [0.05, 0.1) is 7.11 Å². The van der Waals surface area contributed by atoms with Gasteiger partial charge in [-0.25, -0.2) is 0 Å². The van der Waals surface area contributed by atoms with E-state index in [0.717, 1.165) is 21.3 Å². The molecule has 0 fully saturated rings. The van der Waals surface area contributed by atoms with Crippen LogP contribution in [-0.2, 0) is 17.6 Å². The third-order valence-corrected chi connectivity index (χ3v) is 3.38. The monoisotopic (exact) mass is 318 g/mol. The molecule has 0 aliphatic rings. The average Bonchev–Trinajstić information content (AvgIpc) is 2.41. The van der Waals surface area contributed by atoms with Crippen LogP contribution in [0.15, 0.2) is 53.0 Å². The molecule has 19 heavy (non-hydrogen) atoms. The number of Topliss-reactive ketones (excluding diaryl/α,β-unsaturated/α-hetero) is 1. The summed E-state index contributed by atoms with van der Waals surface area (Å²) in [6, 6.07) is 15.5. The van der Waals surface area contributed by atoms with Crippen LogP contribution in [0.1, 0.15) is 11.1 Å². The number of hydrogen-bond acceptors (Lipinski definition) is 2. The van der Waals surface area contributed by atoms with Crippen molar-refractivity contribution in [3.8, 4) is 5.75 Å². The van der Waals surface area contributed by atoms with Gasteiger partial charge in [0.25, 0.3) is 0 Å². The van der Waals surface area contributed by atoms with Gasteiger partial charge in [-0.1, -0.05) is 40.2 Å². The molecule has 0 amide bonds. The van der Waals surface area contributed by atoms with Crippen molar-refractivity contribution in [3.05, 3.63) is 64.1 Å². The largest absolute Gasteiger partial charge is 0.497 e. The van der Waals surface area contributed by atoms with E-state index in [0.29, 0.717) is 12.8 Å². The lowest BCUT2D eigenvalue weighted by Crippen LogP contribution is -2.06. The normalized spacial score (nSPS) is 10.2. The molecule has 0 unspecified atom stereocenters. The smallest absolute Gasteiger partial charge is 0.141 e. The predicted molar refractivity (Wildman–Crippen MR) is 79.6 cm³/mol. The Bertz CT molecular complexity index is 561. The molecule has 0 N–H and O–H groups in total. The van der Waals surface area contributed by atoms with E-state index in [1.807, 2.05) is 48.5 Å². The summed E-state index contributed by atoms with van der Waals surface area (Å²) in [6.45, 7) is 0. The van der Waals surface area contributed by atoms with Crippen molar-refractivity contribution in [1.82, 2.24) is 0 Å². The van der Waals surface area contributed by atoms with E-state index in [1.165, 1.54) is 0 Å². The van der Waals surface area contributed by atoms with Crippen LogP contribution in [0.25, 0.3) is 0 Å². The van der Waals surface area contributed by atoms with E-state index in [9.17, 15) is 4.79 Å². The third kappa shape index (κ3) is 4.21. The van der Waals surface area contributed by atoms with Crippen LogP contribution < -0.4 is 4.74 Å². The first-order chi connectivity index (χ1) is 9.17. The lowest BCUT2D eigenvalue weighted by Gasteiger charge is -2.04. The van der Waals surface area contributed by atoms with Crippen LogP contribution in [0.5, 0.6) is 5.75 Å². The summed E-state index contributed by atoms with van der Waals surface area (Å²) in [6.07, 6.45) is 0.901. The van der Waals surface area contributed by atoms with Crippen LogP contribution in [0.3, 0.4) is 0 Å². The van der Waals surface area contributed by atoms with Crippen molar-refractivity contribution in [2.24, 2.45) is 0 Å². The lowest BCUT2D eigenvalue weighted by molar-refractivity contribution is -0.117.